The van der Waals surface area contributed by atoms with Gasteiger partial charge in [-0.15, -0.1) is 0 Å². The van der Waals surface area contributed by atoms with Crippen LogP contribution in [0.3, 0.4) is 0 Å². The fourth-order valence-electron chi connectivity index (χ4n) is 6.09. The van der Waals surface area contributed by atoms with Crippen LogP contribution in [0.5, 0.6) is 5.75 Å². The summed E-state index contributed by atoms with van der Waals surface area (Å²) >= 11 is 0. The predicted octanol–water partition coefficient (Wildman–Crippen LogP) is 5.50. The lowest BCUT2D eigenvalue weighted by atomic mass is 9.88. The Morgan fingerprint density at radius 1 is 1.11 bits per heavy atom. The van der Waals surface area contributed by atoms with Crippen molar-refractivity contribution >= 4 is 49.4 Å². The zero-order valence-electron chi connectivity index (χ0n) is 25.3. The number of nitrogens with zero attached hydrogens (tertiary/aromatic N) is 2. The van der Waals surface area contributed by atoms with Crippen LogP contribution in [-0.4, -0.2) is 70.7 Å². The van der Waals surface area contributed by atoms with E-state index in [0.717, 1.165) is 17.2 Å². The minimum absolute atomic E-state index is 0.176. The molecule has 0 saturated carbocycles. The zero-order valence-corrected chi connectivity index (χ0v) is 26.1. The molecular formula is C33H33FN4O6S. The molecule has 1 unspecified atom stereocenters. The van der Waals surface area contributed by atoms with Gasteiger partial charge in [0.1, 0.15) is 28.6 Å². The summed E-state index contributed by atoms with van der Waals surface area (Å²) in [6, 6.07) is 16.4. The van der Waals surface area contributed by atoms with Gasteiger partial charge in [0.05, 0.1) is 24.6 Å². The molecule has 234 valence electrons. The summed E-state index contributed by atoms with van der Waals surface area (Å²) in [5.74, 6) is -0.356. The number of methoxy groups -OCH3 is 1. The van der Waals surface area contributed by atoms with Crippen molar-refractivity contribution in [2.75, 3.05) is 44.9 Å². The highest BCUT2D eigenvalue weighted by molar-refractivity contribution is 7.92. The van der Waals surface area contributed by atoms with Crippen LogP contribution in [0.1, 0.15) is 45.2 Å². The van der Waals surface area contributed by atoms with Crippen molar-refractivity contribution in [3.63, 3.8) is 0 Å². The van der Waals surface area contributed by atoms with E-state index in [1.165, 1.54) is 42.7 Å². The molecule has 2 amide bonds. The Morgan fingerprint density at radius 3 is 2.56 bits per heavy atom. The number of aromatic nitrogens is 1. The number of likely N-dealkylation sites (tertiary alicyclic amines) is 1. The number of halogens is 1. The van der Waals surface area contributed by atoms with Gasteiger partial charge in [-0.25, -0.2) is 12.8 Å². The molecule has 3 aromatic carbocycles. The number of carbonyl (C=O) groups is 2. The van der Waals surface area contributed by atoms with Gasteiger partial charge >= 0.3 is 0 Å². The minimum atomic E-state index is -3.69. The number of carbonyl (C=O) groups excluding carboxylic acids is 2. The second-order valence-corrected chi connectivity index (χ2v) is 13.2. The van der Waals surface area contributed by atoms with Gasteiger partial charge in [-0.3, -0.25) is 13.9 Å². The number of ether oxygens (including phenoxy) is 1. The largest absolute Gasteiger partial charge is 0.496 e. The van der Waals surface area contributed by atoms with Crippen molar-refractivity contribution < 1.29 is 31.6 Å². The SMILES string of the molecule is CNC(=O)c1c(-c2ccc(F)cc2)oc2cc(N(C)S(C)(=O)=O)c(C3CCCN(C(=O)c4cc5c(OC)cccc5[nH]4)C3)cc12. The van der Waals surface area contributed by atoms with Gasteiger partial charge in [0.15, 0.2) is 0 Å². The summed E-state index contributed by atoms with van der Waals surface area (Å²) in [5, 5.41) is 3.95. The third-order valence-corrected chi connectivity index (χ3v) is 9.65. The van der Waals surface area contributed by atoms with E-state index in [0.29, 0.717) is 65.2 Å². The van der Waals surface area contributed by atoms with Crippen LogP contribution >= 0.6 is 0 Å². The summed E-state index contributed by atoms with van der Waals surface area (Å²) in [6.45, 7) is 0.866. The highest BCUT2D eigenvalue weighted by Gasteiger charge is 2.32. The molecular weight excluding hydrogens is 599 g/mol. The molecule has 10 nitrogen and oxygen atoms in total. The van der Waals surface area contributed by atoms with Crippen molar-refractivity contribution in [3.05, 3.63) is 83.3 Å². The average molecular weight is 633 g/mol. The standard InChI is InChI=1S/C33H33FN4O6S/c1-35-32(39)30-24-15-22(27(37(2)45(4,41)42)17-29(24)44-31(30)19-10-12-21(34)13-11-19)20-7-6-14-38(18-20)33(40)26-16-23-25(36-26)8-5-9-28(23)43-3/h5,8-13,15-17,20,36H,6-7,14,18H2,1-4H3,(H,35,39). The van der Waals surface area contributed by atoms with E-state index in [-0.39, 0.29) is 23.1 Å². The molecule has 1 saturated heterocycles. The van der Waals surface area contributed by atoms with Crippen molar-refractivity contribution in [1.82, 2.24) is 15.2 Å². The molecule has 1 atom stereocenters. The Hall–Kier alpha value is -4.84. The van der Waals surface area contributed by atoms with Crippen LogP contribution in [0.4, 0.5) is 10.1 Å². The Kier molecular flexibility index (Phi) is 7.77. The number of piperidine rings is 1. The number of aromatic amines is 1. The summed E-state index contributed by atoms with van der Waals surface area (Å²) in [7, 11) is 0.866. The maximum absolute atomic E-state index is 13.8. The molecule has 0 bridgehead atoms. The van der Waals surface area contributed by atoms with Crippen LogP contribution in [0.2, 0.25) is 0 Å². The fourth-order valence-corrected chi connectivity index (χ4v) is 6.60. The topological polar surface area (TPSA) is 125 Å². The first-order valence-electron chi connectivity index (χ1n) is 14.5. The molecule has 1 aliphatic heterocycles. The van der Waals surface area contributed by atoms with Crippen LogP contribution in [0, 0.1) is 5.82 Å². The van der Waals surface area contributed by atoms with Gasteiger partial charge < -0.3 is 24.4 Å². The van der Waals surface area contributed by atoms with Crippen LogP contribution in [0.25, 0.3) is 33.2 Å². The van der Waals surface area contributed by atoms with Gasteiger partial charge in [-0.2, -0.15) is 0 Å². The summed E-state index contributed by atoms with van der Waals surface area (Å²) in [5.41, 5.74) is 3.33. The van der Waals surface area contributed by atoms with E-state index in [2.05, 4.69) is 10.3 Å². The van der Waals surface area contributed by atoms with Crippen LogP contribution < -0.4 is 14.4 Å². The van der Waals surface area contributed by atoms with Gasteiger partial charge in [0.25, 0.3) is 11.8 Å². The van der Waals surface area contributed by atoms with E-state index in [4.69, 9.17) is 9.15 Å². The second kappa shape index (κ2) is 11.6. The number of amides is 2. The monoisotopic (exact) mass is 632 g/mol. The highest BCUT2D eigenvalue weighted by Crippen LogP contribution is 2.42. The minimum Gasteiger partial charge on any atom is -0.496 e. The maximum atomic E-state index is 13.8. The zero-order chi connectivity index (χ0) is 32.0. The molecule has 3 heterocycles. The third kappa shape index (κ3) is 5.50. The van der Waals surface area contributed by atoms with Crippen LogP contribution in [-0.2, 0) is 10.0 Å². The molecule has 2 N–H and O–H groups in total. The number of hydrogen-bond acceptors (Lipinski definition) is 6. The number of anilines is 1. The van der Waals surface area contributed by atoms with Crippen molar-refractivity contribution in [3.8, 4) is 17.1 Å². The molecule has 0 aliphatic carbocycles. The number of hydrogen-bond donors (Lipinski definition) is 2. The van der Waals surface area contributed by atoms with Crippen molar-refractivity contribution in [2.24, 2.45) is 0 Å². The molecule has 0 spiro atoms. The van der Waals surface area contributed by atoms with Gasteiger partial charge in [-0.05, 0) is 66.9 Å². The van der Waals surface area contributed by atoms with Crippen LogP contribution in [0.15, 0.2) is 65.1 Å². The lowest BCUT2D eigenvalue weighted by Crippen LogP contribution is -2.39. The van der Waals surface area contributed by atoms with Gasteiger partial charge in [-0.1, -0.05) is 6.07 Å². The Bertz CT molecular complexity index is 2050. The number of benzene rings is 3. The molecule has 1 aliphatic rings. The van der Waals surface area contributed by atoms with E-state index >= 15 is 0 Å². The lowest BCUT2D eigenvalue weighted by molar-refractivity contribution is 0.0702. The fraction of sp³-hybridized carbons (Fsp3) is 0.273. The lowest BCUT2D eigenvalue weighted by Gasteiger charge is -2.34. The molecule has 12 heteroatoms. The Labute approximate surface area is 259 Å². The second-order valence-electron chi connectivity index (χ2n) is 11.2. The number of nitrogens with one attached hydrogen (secondary N) is 2. The number of fused-ring (bicyclic) bond motifs is 2. The van der Waals surface area contributed by atoms with E-state index in [9.17, 15) is 22.4 Å². The first kappa shape index (κ1) is 30.2. The predicted molar refractivity (Wildman–Crippen MR) is 171 cm³/mol. The quantitative estimate of drug-likeness (QED) is 0.244. The van der Waals surface area contributed by atoms with Crippen molar-refractivity contribution in [1.29, 1.82) is 0 Å². The molecule has 0 radical (unpaired) electrons. The van der Waals surface area contributed by atoms with E-state index in [1.807, 2.05) is 18.2 Å². The van der Waals surface area contributed by atoms with Crippen molar-refractivity contribution in [2.45, 2.75) is 18.8 Å². The van der Waals surface area contributed by atoms with E-state index in [1.54, 1.807) is 30.2 Å². The first-order chi connectivity index (χ1) is 21.5. The number of sulfonamides is 1. The molecule has 1 fully saturated rings. The summed E-state index contributed by atoms with van der Waals surface area (Å²) in [6.07, 6.45) is 2.50. The molecule has 6 rings (SSSR count). The number of furan rings is 1. The Morgan fingerprint density at radius 2 is 1.87 bits per heavy atom. The van der Waals surface area contributed by atoms with Gasteiger partial charge in [0, 0.05) is 61.0 Å². The first-order valence-corrected chi connectivity index (χ1v) is 16.3. The molecule has 2 aromatic heterocycles. The maximum Gasteiger partial charge on any atom is 0.270 e. The normalized spacial score (nSPS) is 15.4. The molecule has 5 aromatic rings. The summed E-state index contributed by atoms with van der Waals surface area (Å²) in [4.78, 5) is 31.9. The average Bonchev–Trinajstić information content (AvgIpc) is 3.65. The summed E-state index contributed by atoms with van der Waals surface area (Å²) < 4.78 is 52.1. The van der Waals surface area contributed by atoms with Gasteiger partial charge in [0.2, 0.25) is 10.0 Å². The highest BCUT2D eigenvalue weighted by atomic mass is 32.2. The third-order valence-electron chi connectivity index (χ3n) is 8.46. The molecule has 45 heavy (non-hydrogen) atoms. The smallest absolute Gasteiger partial charge is 0.270 e. The van der Waals surface area contributed by atoms with E-state index < -0.39 is 21.7 Å². The number of H-pyrrole nitrogens is 1. The Balaban J connectivity index is 1.45. The number of rotatable bonds is 7.